The van der Waals surface area contributed by atoms with Crippen LogP contribution in [0.15, 0.2) is 91.1 Å². The molecule has 0 aliphatic heterocycles. The topological polar surface area (TPSA) is 80.6 Å². The molecule has 1 aromatic heterocycles. The van der Waals surface area contributed by atoms with Crippen molar-refractivity contribution >= 4 is 34.0 Å². The van der Waals surface area contributed by atoms with Gasteiger partial charge in [-0.1, -0.05) is 74.7 Å². The van der Waals surface area contributed by atoms with Crippen molar-refractivity contribution in [2.75, 3.05) is 11.9 Å². The van der Waals surface area contributed by atoms with Crippen LogP contribution in [0, 0.1) is 0 Å². The third-order valence-electron chi connectivity index (χ3n) is 7.06. The Morgan fingerprint density at radius 2 is 1.75 bits per heavy atom. The number of para-hydroxylation sites is 2. The van der Waals surface area contributed by atoms with Gasteiger partial charge in [0.2, 0.25) is 5.91 Å². The predicted octanol–water partition coefficient (Wildman–Crippen LogP) is 8.10. The fourth-order valence-corrected chi connectivity index (χ4v) is 4.96. The first kappa shape index (κ1) is 28.7. The molecule has 6 nitrogen and oxygen atoms in total. The average molecular weight is 539 g/mol. The summed E-state index contributed by atoms with van der Waals surface area (Å²) in [5.41, 5.74) is 4.89. The summed E-state index contributed by atoms with van der Waals surface area (Å²) in [4.78, 5) is 23.6. The number of ether oxygens (including phenoxy) is 1. The van der Waals surface area contributed by atoms with E-state index in [2.05, 4.69) is 77.6 Å². The second-order valence-electron chi connectivity index (χ2n) is 10.1. The summed E-state index contributed by atoms with van der Waals surface area (Å²) in [7, 11) is 0. The molecule has 0 radical (unpaired) electrons. The number of amides is 1. The standard InChI is InChI=1S/C34H38N2O4/c1-3-4-6-15-30(26-12-7-5-8-13-26)36-21-20-28-24-27(18-19-31(28)36)25(2)23-33(37)35-29-14-9-10-16-32(29)40-22-11-17-34(38)39/h5,7-10,12-14,16,18-21,23-24,30H,3-4,6,11,15,17,22H2,1-2H3,(H,35,37)(H,38,39). The van der Waals surface area contributed by atoms with Crippen LogP contribution in [0.4, 0.5) is 5.69 Å². The first-order valence-corrected chi connectivity index (χ1v) is 14.0. The highest BCUT2D eigenvalue weighted by Crippen LogP contribution is 2.31. The molecule has 4 aromatic rings. The molecular formula is C34H38N2O4. The van der Waals surface area contributed by atoms with Crippen molar-refractivity contribution in [2.24, 2.45) is 0 Å². The lowest BCUT2D eigenvalue weighted by Gasteiger charge is -2.21. The molecule has 1 heterocycles. The second kappa shape index (κ2) is 14.2. The number of unbranched alkanes of at least 4 members (excludes halogenated alkanes) is 2. The largest absolute Gasteiger partial charge is 0.491 e. The predicted molar refractivity (Wildman–Crippen MR) is 162 cm³/mol. The number of carboxylic acids is 1. The summed E-state index contributed by atoms with van der Waals surface area (Å²) in [6, 6.07) is 26.7. The van der Waals surface area contributed by atoms with Crippen LogP contribution in [0.3, 0.4) is 0 Å². The molecule has 4 rings (SSSR count). The number of rotatable bonds is 14. The highest BCUT2D eigenvalue weighted by atomic mass is 16.5. The Labute approximate surface area is 236 Å². The van der Waals surface area contributed by atoms with Crippen molar-refractivity contribution in [1.29, 1.82) is 0 Å². The van der Waals surface area contributed by atoms with Gasteiger partial charge in [0.05, 0.1) is 18.3 Å². The number of hydrogen-bond donors (Lipinski definition) is 2. The van der Waals surface area contributed by atoms with E-state index in [-0.39, 0.29) is 25.0 Å². The van der Waals surface area contributed by atoms with E-state index >= 15 is 0 Å². The zero-order valence-corrected chi connectivity index (χ0v) is 23.3. The van der Waals surface area contributed by atoms with E-state index < -0.39 is 5.97 Å². The van der Waals surface area contributed by atoms with Crippen LogP contribution in [-0.4, -0.2) is 28.2 Å². The van der Waals surface area contributed by atoms with E-state index in [1.165, 1.54) is 30.3 Å². The van der Waals surface area contributed by atoms with Crippen molar-refractivity contribution in [3.63, 3.8) is 0 Å². The van der Waals surface area contributed by atoms with Gasteiger partial charge in [-0.25, -0.2) is 0 Å². The second-order valence-corrected chi connectivity index (χ2v) is 10.1. The summed E-state index contributed by atoms with van der Waals surface area (Å²) in [6.45, 7) is 4.43. The number of nitrogens with one attached hydrogen (secondary N) is 1. The van der Waals surface area contributed by atoms with Gasteiger partial charge in [-0.3, -0.25) is 9.59 Å². The fraction of sp³-hybridized carbons (Fsp3) is 0.294. The van der Waals surface area contributed by atoms with Crippen molar-refractivity contribution < 1.29 is 19.4 Å². The molecule has 0 fully saturated rings. The lowest BCUT2D eigenvalue weighted by Crippen LogP contribution is -2.11. The van der Waals surface area contributed by atoms with Crippen LogP contribution >= 0.6 is 0 Å². The Morgan fingerprint density at radius 1 is 0.975 bits per heavy atom. The van der Waals surface area contributed by atoms with Crippen LogP contribution in [0.5, 0.6) is 5.75 Å². The lowest BCUT2D eigenvalue weighted by molar-refractivity contribution is -0.137. The first-order valence-electron chi connectivity index (χ1n) is 14.0. The minimum atomic E-state index is -0.858. The van der Waals surface area contributed by atoms with Crippen LogP contribution in [0.2, 0.25) is 0 Å². The molecule has 3 aromatic carbocycles. The van der Waals surface area contributed by atoms with Crippen LogP contribution in [-0.2, 0) is 9.59 Å². The minimum absolute atomic E-state index is 0.0377. The zero-order valence-electron chi connectivity index (χ0n) is 23.3. The Morgan fingerprint density at radius 3 is 2.52 bits per heavy atom. The number of fused-ring (bicyclic) bond motifs is 1. The van der Waals surface area contributed by atoms with E-state index in [0.717, 1.165) is 22.9 Å². The van der Waals surface area contributed by atoms with Gasteiger partial charge in [0.15, 0.2) is 0 Å². The molecule has 0 saturated heterocycles. The van der Waals surface area contributed by atoms with E-state index in [4.69, 9.17) is 9.84 Å². The van der Waals surface area contributed by atoms with E-state index in [1.807, 2.05) is 19.1 Å². The third-order valence-corrected chi connectivity index (χ3v) is 7.06. The minimum Gasteiger partial charge on any atom is -0.491 e. The molecule has 1 atom stereocenters. The molecule has 0 spiro atoms. The van der Waals surface area contributed by atoms with Gasteiger partial charge in [-0.15, -0.1) is 0 Å². The Hall–Kier alpha value is -4.32. The molecule has 1 unspecified atom stereocenters. The normalized spacial score (nSPS) is 12.3. The highest BCUT2D eigenvalue weighted by molar-refractivity contribution is 6.04. The summed E-state index contributed by atoms with van der Waals surface area (Å²) in [5, 5.41) is 12.9. The third kappa shape index (κ3) is 7.63. The molecule has 1 amide bonds. The summed E-state index contributed by atoms with van der Waals surface area (Å²) in [6.07, 6.45) is 8.90. The molecule has 2 N–H and O–H groups in total. The first-order chi connectivity index (χ1) is 19.5. The molecule has 0 bridgehead atoms. The Bertz CT molecular complexity index is 1460. The SMILES string of the molecule is CCCCCC(c1ccccc1)n1ccc2cc(C(C)=CC(=O)Nc3ccccc3OCCCC(=O)O)ccc21. The molecule has 6 heteroatoms. The summed E-state index contributed by atoms with van der Waals surface area (Å²) in [5.74, 6) is -0.595. The molecule has 0 aliphatic carbocycles. The van der Waals surface area contributed by atoms with Crippen LogP contribution in [0.25, 0.3) is 16.5 Å². The summed E-state index contributed by atoms with van der Waals surface area (Å²) < 4.78 is 8.09. The number of hydrogen-bond acceptors (Lipinski definition) is 3. The number of nitrogens with zero attached hydrogens (tertiary/aromatic N) is 1. The maximum Gasteiger partial charge on any atom is 0.303 e. The van der Waals surface area contributed by atoms with Crippen molar-refractivity contribution in [3.05, 3.63) is 102 Å². The smallest absolute Gasteiger partial charge is 0.303 e. The van der Waals surface area contributed by atoms with Crippen molar-refractivity contribution in [2.45, 2.75) is 58.4 Å². The highest BCUT2D eigenvalue weighted by Gasteiger charge is 2.16. The van der Waals surface area contributed by atoms with Gasteiger partial charge in [-0.05, 0) is 66.8 Å². The van der Waals surface area contributed by atoms with E-state index in [9.17, 15) is 9.59 Å². The van der Waals surface area contributed by atoms with Crippen LogP contribution < -0.4 is 10.1 Å². The number of aliphatic carboxylic acids is 1. The van der Waals surface area contributed by atoms with Crippen molar-refractivity contribution in [1.82, 2.24) is 4.57 Å². The number of carboxylic acid groups (broad SMARTS) is 1. The van der Waals surface area contributed by atoms with Gasteiger partial charge >= 0.3 is 5.97 Å². The molecule has 208 valence electrons. The number of aromatic nitrogens is 1. The number of benzene rings is 3. The van der Waals surface area contributed by atoms with Gasteiger partial charge in [0, 0.05) is 29.6 Å². The number of anilines is 1. The van der Waals surface area contributed by atoms with Gasteiger partial charge in [-0.2, -0.15) is 0 Å². The quantitative estimate of drug-likeness (QED) is 0.126. The van der Waals surface area contributed by atoms with Gasteiger partial charge < -0.3 is 19.7 Å². The monoisotopic (exact) mass is 538 g/mol. The molecular weight excluding hydrogens is 500 g/mol. The summed E-state index contributed by atoms with van der Waals surface area (Å²) >= 11 is 0. The fourth-order valence-electron chi connectivity index (χ4n) is 4.96. The van der Waals surface area contributed by atoms with Crippen LogP contribution in [0.1, 0.15) is 69.5 Å². The molecule has 0 aliphatic rings. The zero-order chi connectivity index (χ0) is 28.3. The number of carbonyl (C=O) groups is 2. The Kier molecular flexibility index (Phi) is 10.2. The number of carbonyl (C=O) groups excluding carboxylic acids is 1. The van der Waals surface area contributed by atoms with E-state index in [0.29, 0.717) is 17.9 Å². The molecule has 0 saturated carbocycles. The van der Waals surface area contributed by atoms with Crippen molar-refractivity contribution in [3.8, 4) is 5.75 Å². The number of allylic oxidation sites excluding steroid dienone is 1. The Balaban J connectivity index is 1.49. The molecule has 40 heavy (non-hydrogen) atoms. The maximum atomic E-state index is 12.9. The lowest BCUT2D eigenvalue weighted by atomic mass is 9.99. The van der Waals surface area contributed by atoms with Gasteiger partial charge in [0.1, 0.15) is 5.75 Å². The van der Waals surface area contributed by atoms with E-state index in [1.54, 1.807) is 18.2 Å². The maximum absolute atomic E-state index is 12.9. The van der Waals surface area contributed by atoms with Gasteiger partial charge in [0.25, 0.3) is 0 Å². The average Bonchev–Trinajstić information content (AvgIpc) is 3.37.